The van der Waals surface area contributed by atoms with E-state index in [1.165, 1.54) is 76.7 Å². The van der Waals surface area contributed by atoms with Crippen LogP contribution >= 0.6 is 15.6 Å². The van der Waals surface area contributed by atoms with Crippen LogP contribution in [0.25, 0.3) is 0 Å². The zero-order valence-electron chi connectivity index (χ0n) is 44.2. The number of rotatable bonds is 43. The summed E-state index contributed by atoms with van der Waals surface area (Å²) in [4.78, 5) is 62.0. The smallest absolute Gasteiger partial charge is 0.462 e. The van der Waals surface area contributed by atoms with Crippen molar-refractivity contribution in [2.24, 2.45) is 5.92 Å². The Morgan fingerprint density at radius 3 is 1.85 bits per heavy atom. The quantitative estimate of drug-likeness (QED) is 0.0117. The zero-order valence-corrected chi connectivity index (χ0v) is 45.9. The van der Waals surface area contributed by atoms with Crippen molar-refractivity contribution < 1.29 is 71.4 Å². The number of unbranched alkanes of at least 4 members (excludes halogenated alkanes) is 14. The van der Waals surface area contributed by atoms with Gasteiger partial charge in [-0.1, -0.05) is 178 Å². The minimum atomic E-state index is -5.47. The second kappa shape index (κ2) is 39.7. The lowest BCUT2D eigenvalue weighted by Gasteiger charge is -2.21. The minimum absolute atomic E-state index is 0.00950. The molecule has 0 amide bonds. The monoisotopic (exact) mass is 1090 g/mol. The van der Waals surface area contributed by atoms with Gasteiger partial charge >= 0.3 is 33.3 Å². The summed E-state index contributed by atoms with van der Waals surface area (Å²) in [6, 6.07) is 1.24. The molecule has 19 nitrogen and oxygen atoms in total. The Hall–Kier alpha value is -3.58. The number of nitrogens with two attached hydrogens (primary N) is 1. The summed E-state index contributed by atoms with van der Waals surface area (Å²) in [6.07, 6.45) is 34.7. The number of carbonyl (C=O) groups excluding carboxylic acids is 2. The van der Waals surface area contributed by atoms with Crippen molar-refractivity contribution >= 4 is 33.4 Å². The third-order valence-electron chi connectivity index (χ3n) is 11.9. The van der Waals surface area contributed by atoms with Gasteiger partial charge in [0, 0.05) is 19.0 Å². The van der Waals surface area contributed by atoms with E-state index >= 15 is 0 Å². The first-order valence-electron chi connectivity index (χ1n) is 26.8. The van der Waals surface area contributed by atoms with Crippen molar-refractivity contribution in [3.63, 3.8) is 0 Å². The first-order valence-corrected chi connectivity index (χ1v) is 29.8. The molecule has 422 valence electrons. The Labute approximate surface area is 439 Å². The Morgan fingerprint density at radius 2 is 1.27 bits per heavy atom. The number of esters is 2. The molecule has 74 heavy (non-hydrogen) atoms. The van der Waals surface area contributed by atoms with Gasteiger partial charge in [-0.15, -0.1) is 0 Å². The highest BCUT2D eigenvalue weighted by molar-refractivity contribution is 7.61. The number of carbonyl (C=O) groups is 2. The van der Waals surface area contributed by atoms with Crippen LogP contribution in [0.1, 0.15) is 181 Å². The molecule has 0 aromatic carbocycles. The summed E-state index contributed by atoms with van der Waals surface area (Å²) in [6.45, 7) is 4.19. The molecule has 7 N–H and O–H groups in total. The molecule has 8 atom stereocenters. The van der Waals surface area contributed by atoms with E-state index in [-0.39, 0.29) is 31.5 Å². The van der Waals surface area contributed by atoms with E-state index in [4.69, 9.17) is 29.0 Å². The summed E-state index contributed by atoms with van der Waals surface area (Å²) in [5.41, 5.74) is 4.58. The third-order valence-corrected chi connectivity index (χ3v) is 14.5. The molecule has 21 heteroatoms. The van der Waals surface area contributed by atoms with E-state index in [0.29, 0.717) is 6.42 Å². The van der Waals surface area contributed by atoms with Crippen molar-refractivity contribution in [3.8, 4) is 0 Å². The molecule has 0 radical (unpaired) electrons. The van der Waals surface area contributed by atoms with Gasteiger partial charge in [0.15, 0.2) is 12.3 Å². The molecular formula is C53H89N3O16P2. The average molecular weight is 1090 g/mol. The third kappa shape index (κ3) is 32.8. The number of aromatic nitrogens is 2. The molecule has 1 aliphatic heterocycles. The maximum atomic E-state index is 12.9. The fourth-order valence-electron chi connectivity index (χ4n) is 7.76. The molecule has 0 spiro atoms. The van der Waals surface area contributed by atoms with E-state index in [1.54, 1.807) is 12.2 Å². The highest BCUT2D eigenvalue weighted by Crippen LogP contribution is 2.60. The highest BCUT2D eigenvalue weighted by Gasteiger charge is 2.46. The van der Waals surface area contributed by atoms with E-state index in [9.17, 15) is 48.6 Å². The normalized spacial score (nSPS) is 19.9. The maximum Gasteiger partial charge on any atom is 0.481 e. The van der Waals surface area contributed by atoms with Crippen molar-refractivity contribution in [2.45, 2.75) is 212 Å². The van der Waals surface area contributed by atoms with Gasteiger partial charge in [0.05, 0.1) is 19.3 Å². The molecule has 3 unspecified atom stereocenters. The summed E-state index contributed by atoms with van der Waals surface area (Å²) in [5.74, 6) is -0.716. The second-order valence-electron chi connectivity index (χ2n) is 19.0. The molecule has 1 fully saturated rings. The molecule has 1 aromatic rings. The van der Waals surface area contributed by atoms with Crippen LogP contribution in [0.3, 0.4) is 0 Å². The first-order chi connectivity index (χ1) is 35.4. The number of aliphatic hydroxyl groups excluding tert-OH is 3. The average Bonchev–Trinajstić information content (AvgIpc) is 3.62. The zero-order chi connectivity index (χ0) is 54.5. The van der Waals surface area contributed by atoms with Crippen molar-refractivity contribution in [1.82, 2.24) is 9.55 Å². The lowest BCUT2D eigenvalue weighted by atomic mass is 10.0. The van der Waals surface area contributed by atoms with Crippen LogP contribution in [0.4, 0.5) is 5.82 Å². The first kappa shape index (κ1) is 66.5. The van der Waals surface area contributed by atoms with E-state index in [2.05, 4.69) is 66.5 Å². The van der Waals surface area contributed by atoms with E-state index in [0.717, 1.165) is 68.0 Å². The molecule has 1 aromatic heterocycles. The van der Waals surface area contributed by atoms with Gasteiger partial charge in [0.2, 0.25) is 0 Å². The SMILES string of the molecule is CC/C=C\C/C=C\C/C=C\C/C=C\C=C\C(O)CCCC(=O)OC[C@H](COP(=O)(O)OP(=O)(O)OC[C@H]1O[C@@H](n2ccc(N)nc2=O)[C@H](O)[C@@H]1O)OC(=O)CCCCCCCCCCCCCCCCCC(C)C. The van der Waals surface area contributed by atoms with Gasteiger partial charge < -0.3 is 45.1 Å². The van der Waals surface area contributed by atoms with Gasteiger partial charge in [-0.2, -0.15) is 9.29 Å². The van der Waals surface area contributed by atoms with Crippen LogP contribution in [0, 0.1) is 5.92 Å². The van der Waals surface area contributed by atoms with Crippen LogP contribution in [0.15, 0.2) is 77.8 Å². The lowest BCUT2D eigenvalue weighted by Crippen LogP contribution is -2.36. The number of nitrogen functional groups attached to an aromatic ring is 1. The van der Waals surface area contributed by atoms with Gasteiger partial charge in [-0.25, -0.2) is 13.9 Å². The standard InChI is InChI=1S/C53H89N3O16P2/c1-4-5-6-7-8-9-10-14-18-21-24-27-30-34-44(57)35-32-37-48(58)67-40-45(70-49(59)36-31-28-25-22-19-16-13-11-12-15-17-20-23-26-29-33-43(2)3)41-68-73(63,64)72-74(65,66)69-42-46-50(60)51(61)52(71-46)56-39-38-47(54)55-53(56)62/h5-6,8-9,14,18,24,27,30,34,38-39,43-46,50-52,57,60-61H,4,7,10-13,15-17,19-23,25-26,28-29,31-33,35-37,40-42H2,1-3H3,(H,63,64)(H,65,66)(H2,54,55,62)/b6-5-,9-8-,18-14-,27-24-,34-30+/t44?,45-,46-,50-,51-,52-/m1/s1. The molecule has 1 saturated heterocycles. The maximum absolute atomic E-state index is 12.9. The second-order valence-corrected chi connectivity index (χ2v) is 22.1. The predicted molar refractivity (Wildman–Crippen MR) is 285 cm³/mol. The van der Waals surface area contributed by atoms with Crippen molar-refractivity contribution in [3.05, 3.63) is 83.5 Å². The van der Waals surface area contributed by atoms with Gasteiger partial charge in [0.25, 0.3) is 0 Å². The number of hydrogen-bond acceptors (Lipinski definition) is 16. The number of anilines is 1. The van der Waals surface area contributed by atoms with Crippen LogP contribution in [0.5, 0.6) is 0 Å². The summed E-state index contributed by atoms with van der Waals surface area (Å²) < 4.78 is 56.7. The summed E-state index contributed by atoms with van der Waals surface area (Å²) >= 11 is 0. The summed E-state index contributed by atoms with van der Waals surface area (Å²) in [5, 5.41) is 31.3. The number of ether oxygens (including phenoxy) is 3. The molecule has 0 saturated carbocycles. The van der Waals surface area contributed by atoms with Crippen LogP contribution in [-0.4, -0.2) is 96.9 Å². The molecule has 2 heterocycles. The van der Waals surface area contributed by atoms with E-state index < -0.39 is 89.8 Å². The number of hydrogen-bond donors (Lipinski definition) is 6. The Morgan fingerprint density at radius 1 is 0.730 bits per heavy atom. The fraction of sp³-hybridized carbons (Fsp3) is 0.698. The topological polar surface area (TPSA) is 286 Å². The van der Waals surface area contributed by atoms with Gasteiger partial charge in [-0.05, 0) is 56.9 Å². The van der Waals surface area contributed by atoms with Crippen molar-refractivity contribution in [1.29, 1.82) is 0 Å². The number of aliphatic hydroxyl groups is 3. The largest absolute Gasteiger partial charge is 0.481 e. The number of allylic oxidation sites excluding steroid dienone is 9. The Bertz CT molecular complexity index is 2010. The number of phosphoric acid groups is 2. The molecule has 2 rings (SSSR count). The van der Waals surface area contributed by atoms with Gasteiger partial charge in [-0.3, -0.25) is 23.2 Å². The fourth-order valence-corrected chi connectivity index (χ4v) is 9.87. The van der Waals surface area contributed by atoms with E-state index in [1.807, 2.05) is 12.2 Å². The highest BCUT2D eigenvalue weighted by atomic mass is 31.3. The lowest BCUT2D eigenvalue weighted by molar-refractivity contribution is -0.161. The molecule has 1 aliphatic rings. The van der Waals surface area contributed by atoms with Crippen LogP contribution < -0.4 is 11.4 Å². The molecular weight excluding hydrogens is 997 g/mol. The number of nitrogens with zero attached hydrogens (tertiary/aromatic N) is 2. The Kier molecular flexibility index (Phi) is 35.7. The van der Waals surface area contributed by atoms with Crippen molar-refractivity contribution in [2.75, 3.05) is 25.6 Å². The Balaban J connectivity index is 1.83. The van der Waals surface area contributed by atoms with Crippen LogP contribution in [0.2, 0.25) is 0 Å². The molecule has 0 aliphatic carbocycles. The molecule has 0 bridgehead atoms. The van der Waals surface area contributed by atoms with Gasteiger partial charge in [0.1, 0.15) is 30.7 Å². The summed E-state index contributed by atoms with van der Waals surface area (Å²) in [7, 11) is -10.9. The predicted octanol–water partition coefficient (Wildman–Crippen LogP) is 10.3. The number of phosphoric ester groups is 2. The van der Waals surface area contributed by atoms with Crippen LogP contribution in [-0.2, 0) is 46.3 Å². The minimum Gasteiger partial charge on any atom is -0.462 e.